The summed E-state index contributed by atoms with van der Waals surface area (Å²) in [6.45, 7) is 1.97. The Morgan fingerprint density at radius 3 is 2.73 bits per heavy atom. The minimum atomic E-state index is 0.661. The minimum absolute atomic E-state index is 0.661. The molecule has 0 radical (unpaired) electrons. The molecule has 0 saturated heterocycles. The van der Waals surface area contributed by atoms with Crippen molar-refractivity contribution in [2.75, 3.05) is 0 Å². The molecule has 110 valence electrons. The summed E-state index contributed by atoms with van der Waals surface area (Å²) in [5, 5.41) is 1.69. The molecule has 22 heavy (non-hydrogen) atoms. The lowest BCUT2D eigenvalue weighted by Crippen LogP contribution is -1.95. The van der Waals surface area contributed by atoms with Crippen LogP contribution in [0, 0.1) is 6.92 Å². The fourth-order valence-corrected chi connectivity index (χ4v) is 3.12. The maximum atomic E-state index is 6.01. The van der Waals surface area contributed by atoms with Crippen LogP contribution in [0.15, 0.2) is 59.8 Å². The molecule has 0 N–H and O–H groups in total. The van der Waals surface area contributed by atoms with Gasteiger partial charge in [-0.05, 0) is 42.8 Å². The average molecular weight is 328 g/mol. The lowest BCUT2D eigenvalue weighted by molar-refractivity contribution is 1.00. The first-order chi connectivity index (χ1) is 10.7. The number of aromatic nitrogens is 3. The second-order valence-corrected chi connectivity index (χ2v) is 6.24. The van der Waals surface area contributed by atoms with Gasteiger partial charge in [-0.3, -0.25) is 4.98 Å². The molecule has 0 unspecified atom stereocenters. The SMILES string of the molecule is Cc1cc(SCc2cccc(Cl)c2)nc(-c2ccccn2)n1. The molecule has 2 aromatic heterocycles. The van der Waals surface area contributed by atoms with Crippen molar-refractivity contribution in [3.05, 3.63) is 71.0 Å². The van der Waals surface area contributed by atoms with Crippen molar-refractivity contribution in [3.8, 4) is 11.5 Å². The van der Waals surface area contributed by atoms with Gasteiger partial charge in [0.2, 0.25) is 0 Å². The minimum Gasteiger partial charge on any atom is -0.253 e. The average Bonchev–Trinajstić information content (AvgIpc) is 2.53. The zero-order valence-electron chi connectivity index (χ0n) is 12.0. The summed E-state index contributed by atoms with van der Waals surface area (Å²) in [4.78, 5) is 13.4. The summed E-state index contributed by atoms with van der Waals surface area (Å²) in [6, 6.07) is 15.6. The summed E-state index contributed by atoms with van der Waals surface area (Å²) in [7, 11) is 0. The van der Waals surface area contributed by atoms with Gasteiger partial charge in [0, 0.05) is 22.7 Å². The number of hydrogen-bond acceptors (Lipinski definition) is 4. The van der Waals surface area contributed by atoms with Crippen LogP contribution in [0.3, 0.4) is 0 Å². The Morgan fingerprint density at radius 2 is 1.95 bits per heavy atom. The normalized spacial score (nSPS) is 10.6. The molecule has 0 aliphatic heterocycles. The highest BCUT2D eigenvalue weighted by atomic mass is 35.5. The fourth-order valence-electron chi connectivity index (χ4n) is 2.01. The van der Waals surface area contributed by atoms with Crippen LogP contribution in [0.25, 0.3) is 11.5 Å². The van der Waals surface area contributed by atoms with Gasteiger partial charge in [-0.15, -0.1) is 11.8 Å². The van der Waals surface area contributed by atoms with Crippen LogP contribution in [0.2, 0.25) is 5.02 Å². The summed E-state index contributed by atoms with van der Waals surface area (Å²) >= 11 is 7.68. The van der Waals surface area contributed by atoms with E-state index in [1.54, 1.807) is 18.0 Å². The number of halogens is 1. The number of thioether (sulfide) groups is 1. The predicted molar refractivity (Wildman–Crippen MR) is 91.0 cm³/mol. The lowest BCUT2D eigenvalue weighted by Gasteiger charge is -2.06. The third kappa shape index (κ3) is 3.84. The number of nitrogens with zero attached hydrogens (tertiary/aromatic N) is 3. The van der Waals surface area contributed by atoms with Gasteiger partial charge in [0.1, 0.15) is 10.7 Å². The van der Waals surface area contributed by atoms with E-state index in [-0.39, 0.29) is 0 Å². The van der Waals surface area contributed by atoms with E-state index >= 15 is 0 Å². The van der Waals surface area contributed by atoms with Crippen LogP contribution in [0.5, 0.6) is 0 Å². The van der Waals surface area contributed by atoms with Gasteiger partial charge in [-0.25, -0.2) is 9.97 Å². The van der Waals surface area contributed by atoms with E-state index in [1.807, 2.05) is 49.4 Å². The van der Waals surface area contributed by atoms with Crippen molar-refractivity contribution in [3.63, 3.8) is 0 Å². The highest BCUT2D eigenvalue weighted by molar-refractivity contribution is 7.98. The van der Waals surface area contributed by atoms with Gasteiger partial charge >= 0.3 is 0 Å². The monoisotopic (exact) mass is 327 g/mol. The molecule has 3 nitrogen and oxygen atoms in total. The lowest BCUT2D eigenvalue weighted by atomic mass is 10.2. The molecular weight excluding hydrogens is 314 g/mol. The topological polar surface area (TPSA) is 38.7 Å². The molecule has 2 heterocycles. The maximum absolute atomic E-state index is 6.01. The van der Waals surface area contributed by atoms with E-state index in [0.717, 1.165) is 27.2 Å². The third-order valence-electron chi connectivity index (χ3n) is 3.00. The molecule has 3 rings (SSSR count). The van der Waals surface area contributed by atoms with E-state index < -0.39 is 0 Å². The van der Waals surface area contributed by atoms with Crippen molar-refractivity contribution in [2.45, 2.75) is 17.7 Å². The van der Waals surface area contributed by atoms with Crippen molar-refractivity contribution < 1.29 is 0 Å². The van der Waals surface area contributed by atoms with E-state index in [9.17, 15) is 0 Å². The van der Waals surface area contributed by atoms with Crippen molar-refractivity contribution >= 4 is 23.4 Å². The standard InChI is InChI=1S/C17H14ClN3S/c1-12-9-16(22-11-13-5-4-6-14(18)10-13)21-17(20-12)15-7-2-3-8-19-15/h2-10H,11H2,1H3. The molecule has 0 atom stereocenters. The molecule has 0 fully saturated rings. The van der Waals surface area contributed by atoms with Crippen LogP contribution in [-0.2, 0) is 5.75 Å². The van der Waals surface area contributed by atoms with Crippen LogP contribution in [0.4, 0.5) is 0 Å². The summed E-state index contributed by atoms with van der Waals surface area (Å²) in [6.07, 6.45) is 1.75. The van der Waals surface area contributed by atoms with Crippen LogP contribution in [0.1, 0.15) is 11.3 Å². The van der Waals surface area contributed by atoms with Gasteiger partial charge in [0.15, 0.2) is 5.82 Å². The van der Waals surface area contributed by atoms with E-state index in [4.69, 9.17) is 11.6 Å². The molecule has 0 amide bonds. The first kappa shape index (κ1) is 15.0. The molecular formula is C17H14ClN3S. The summed E-state index contributed by atoms with van der Waals surface area (Å²) < 4.78 is 0. The van der Waals surface area contributed by atoms with Gasteiger partial charge in [-0.2, -0.15) is 0 Å². The second kappa shape index (κ2) is 6.90. The maximum Gasteiger partial charge on any atom is 0.179 e. The Kier molecular flexibility index (Phi) is 4.71. The first-order valence-electron chi connectivity index (χ1n) is 6.85. The number of pyridine rings is 1. The molecule has 3 aromatic rings. The number of aryl methyl sites for hydroxylation is 1. The molecule has 0 bridgehead atoms. The molecule has 0 aliphatic carbocycles. The van der Waals surface area contributed by atoms with Crippen LogP contribution >= 0.6 is 23.4 Å². The highest BCUT2D eigenvalue weighted by Gasteiger charge is 2.07. The van der Waals surface area contributed by atoms with Crippen molar-refractivity contribution in [1.29, 1.82) is 0 Å². The van der Waals surface area contributed by atoms with Gasteiger partial charge < -0.3 is 0 Å². The Bertz CT molecular complexity index is 778. The molecule has 0 saturated carbocycles. The van der Waals surface area contributed by atoms with Gasteiger partial charge in [-0.1, -0.05) is 29.8 Å². The van der Waals surface area contributed by atoms with Crippen LogP contribution < -0.4 is 0 Å². The molecule has 0 spiro atoms. The van der Waals surface area contributed by atoms with E-state index in [2.05, 4.69) is 21.0 Å². The van der Waals surface area contributed by atoms with E-state index in [0.29, 0.717) is 5.82 Å². The number of rotatable bonds is 4. The zero-order chi connectivity index (χ0) is 15.4. The zero-order valence-corrected chi connectivity index (χ0v) is 13.6. The number of hydrogen-bond donors (Lipinski definition) is 0. The summed E-state index contributed by atoms with van der Waals surface area (Å²) in [5.74, 6) is 1.48. The first-order valence-corrected chi connectivity index (χ1v) is 8.21. The predicted octanol–water partition coefficient (Wildman–Crippen LogP) is 4.79. The smallest absolute Gasteiger partial charge is 0.179 e. The molecule has 0 aliphatic rings. The fraction of sp³-hybridized carbons (Fsp3) is 0.118. The largest absolute Gasteiger partial charge is 0.253 e. The Hall–Kier alpha value is -1.91. The van der Waals surface area contributed by atoms with Crippen molar-refractivity contribution in [2.24, 2.45) is 0 Å². The summed E-state index contributed by atoms with van der Waals surface area (Å²) in [5.41, 5.74) is 2.90. The van der Waals surface area contributed by atoms with Crippen molar-refractivity contribution in [1.82, 2.24) is 15.0 Å². The molecule has 5 heteroatoms. The quantitative estimate of drug-likeness (QED) is 0.510. The van der Waals surface area contributed by atoms with Gasteiger partial charge in [0.05, 0.1) is 0 Å². The Labute approximate surface area is 138 Å². The van der Waals surface area contributed by atoms with Gasteiger partial charge in [0.25, 0.3) is 0 Å². The number of benzene rings is 1. The Morgan fingerprint density at radius 1 is 1.05 bits per heavy atom. The molecule has 1 aromatic carbocycles. The third-order valence-corrected chi connectivity index (χ3v) is 4.22. The highest BCUT2D eigenvalue weighted by Crippen LogP contribution is 2.24. The second-order valence-electron chi connectivity index (χ2n) is 4.80. The Balaban J connectivity index is 1.81. The van der Waals surface area contributed by atoms with Crippen LogP contribution in [-0.4, -0.2) is 15.0 Å². The van der Waals surface area contributed by atoms with E-state index in [1.165, 1.54) is 5.56 Å².